The summed E-state index contributed by atoms with van der Waals surface area (Å²) in [6.07, 6.45) is 0.639. The molecule has 1 rings (SSSR count). The zero-order chi connectivity index (χ0) is 11.4. The van der Waals surface area contributed by atoms with Crippen LogP contribution in [0.15, 0.2) is 0 Å². The van der Waals surface area contributed by atoms with Crippen LogP contribution in [0.5, 0.6) is 0 Å². The number of rotatable bonds is 2. The first-order valence-electron chi connectivity index (χ1n) is 4.90. The standard InChI is InChI=1S/C9H15N3O3/c1-3-12(2)9(15)10-6-4-5-7(13)11-8(6)14/h6H,3-5H2,1-2H3,(H,10,15)(H,11,13,14). The number of carbonyl (C=O) groups is 3. The molecule has 84 valence electrons. The summed E-state index contributed by atoms with van der Waals surface area (Å²) in [4.78, 5) is 35.0. The van der Waals surface area contributed by atoms with Crippen LogP contribution in [-0.2, 0) is 9.59 Å². The highest BCUT2D eigenvalue weighted by Gasteiger charge is 2.28. The summed E-state index contributed by atoms with van der Waals surface area (Å²) in [6.45, 7) is 2.41. The predicted octanol–water partition coefficient (Wildman–Crippen LogP) is -0.547. The largest absolute Gasteiger partial charge is 0.328 e. The second-order valence-corrected chi connectivity index (χ2v) is 3.47. The second kappa shape index (κ2) is 4.77. The van der Waals surface area contributed by atoms with Gasteiger partial charge in [-0.2, -0.15) is 0 Å². The van der Waals surface area contributed by atoms with Crippen molar-refractivity contribution in [2.45, 2.75) is 25.8 Å². The van der Waals surface area contributed by atoms with Gasteiger partial charge in [0, 0.05) is 20.0 Å². The van der Waals surface area contributed by atoms with Crippen molar-refractivity contribution in [2.24, 2.45) is 0 Å². The third-order valence-corrected chi connectivity index (χ3v) is 2.36. The third kappa shape index (κ3) is 2.93. The molecule has 0 aromatic rings. The lowest BCUT2D eigenvalue weighted by atomic mass is 10.1. The Bertz CT molecular complexity index is 290. The molecule has 1 atom stereocenters. The number of nitrogens with one attached hydrogen (secondary N) is 2. The molecule has 1 heterocycles. The van der Waals surface area contributed by atoms with Gasteiger partial charge in [0.2, 0.25) is 11.8 Å². The van der Waals surface area contributed by atoms with Gasteiger partial charge in [0.15, 0.2) is 0 Å². The van der Waals surface area contributed by atoms with E-state index in [1.54, 1.807) is 7.05 Å². The van der Waals surface area contributed by atoms with Gasteiger partial charge in [-0.15, -0.1) is 0 Å². The maximum absolute atomic E-state index is 11.4. The van der Waals surface area contributed by atoms with E-state index in [0.29, 0.717) is 13.0 Å². The van der Waals surface area contributed by atoms with E-state index < -0.39 is 11.9 Å². The molecule has 0 aromatic heterocycles. The maximum atomic E-state index is 11.4. The summed E-state index contributed by atoms with van der Waals surface area (Å²) >= 11 is 0. The Hall–Kier alpha value is -1.59. The fourth-order valence-electron chi connectivity index (χ4n) is 1.23. The molecule has 0 aromatic carbocycles. The van der Waals surface area contributed by atoms with Crippen LogP contribution < -0.4 is 10.6 Å². The molecule has 1 aliphatic heterocycles. The molecule has 2 N–H and O–H groups in total. The summed E-state index contributed by atoms with van der Waals surface area (Å²) in [5.74, 6) is -0.710. The van der Waals surface area contributed by atoms with E-state index in [1.807, 2.05) is 6.92 Å². The number of piperidine rings is 1. The predicted molar refractivity (Wildman–Crippen MR) is 53.0 cm³/mol. The fourth-order valence-corrected chi connectivity index (χ4v) is 1.23. The van der Waals surface area contributed by atoms with Gasteiger partial charge in [-0.25, -0.2) is 4.79 Å². The summed E-state index contributed by atoms with van der Waals surface area (Å²) in [5, 5.41) is 4.74. The zero-order valence-corrected chi connectivity index (χ0v) is 8.87. The summed E-state index contributed by atoms with van der Waals surface area (Å²) < 4.78 is 0. The minimum atomic E-state index is -0.593. The monoisotopic (exact) mass is 213 g/mol. The second-order valence-electron chi connectivity index (χ2n) is 3.47. The lowest BCUT2D eigenvalue weighted by molar-refractivity contribution is -0.134. The van der Waals surface area contributed by atoms with Crippen LogP contribution in [0.3, 0.4) is 0 Å². The van der Waals surface area contributed by atoms with Crippen LogP contribution >= 0.6 is 0 Å². The highest BCUT2D eigenvalue weighted by Crippen LogP contribution is 2.04. The fraction of sp³-hybridized carbons (Fsp3) is 0.667. The molecule has 0 radical (unpaired) electrons. The lowest BCUT2D eigenvalue weighted by Gasteiger charge is -2.24. The van der Waals surface area contributed by atoms with Crippen LogP contribution in [0.25, 0.3) is 0 Å². The van der Waals surface area contributed by atoms with Crippen molar-refractivity contribution >= 4 is 17.8 Å². The summed E-state index contributed by atoms with van der Waals surface area (Å²) in [5.41, 5.74) is 0. The highest BCUT2D eigenvalue weighted by molar-refractivity contribution is 6.01. The van der Waals surface area contributed by atoms with E-state index in [1.165, 1.54) is 4.90 Å². The molecule has 6 heteroatoms. The van der Waals surface area contributed by atoms with Gasteiger partial charge in [-0.1, -0.05) is 0 Å². The van der Waals surface area contributed by atoms with E-state index in [0.717, 1.165) is 0 Å². The van der Waals surface area contributed by atoms with Crippen molar-refractivity contribution in [2.75, 3.05) is 13.6 Å². The average Bonchev–Trinajstić information content (AvgIpc) is 2.20. The van der Waals surface area contributed by atoms with Gasteiger partial charge in [0.05, 0.1) is 0 Å². The van der Waals surface area contributed by atoms with Gasteiger partial charge in [0.25, 0.3) is 0 Å². The summed E-state index contributed by atoms with van der Waals surface area (Å²) in [6, 6.07) is -0.892. The van der Waals surface area contributed by atoms with E-state index in [-0.39, 0.29) is 18.4 Å². The number of imide groups is 1. The van der Waals surface area contributed by atoms with Crippen molar-refractivity contribution in [1.82, 2.24) is 15.5 Å². The maximum Gasteiger partial charge on any atom is 0.317 e. The van der Waals surface area contributed by atoms with Crippen LogP contribution in [0.1, 0.15) is 19.8 Å². The van der Waals surface area contributed by atoms with Crippen molar-refractivity contribution in [3.8, 4) is 0 Å². The molecular weight excluding hydrogens is 198 g/mol. The van der Waals surface area contributed by atoms with Gasteiger partial charge in [-0.05, 0) is 13.3 Å². The summed E-state index contributed by atoms with van der Waals surface area (Å²) in [7, 11) is 1.64. The first-order valence-corrected chi connectivity index (χ1v) is 4.90. The SMILES string of the molecule is CCN(C)C(=O)NC1CCC(=O)NC1=O. The van der Waals surface area contributed by atoms with Gasteiger partial charge >= 0.3 is 6.03 Å². The molecule has 0 bridgehead atoms. The third-order valence-electron chi connectivity index (χ3n) is 2.36. The Morgan fingerprint density at radius 1 is 1.60 bits per heavy atom. The molecular formula is C9H15N3O3. The molecule has 1 saturated heterocycles. The van der Waals surface area contributed by atoms with E-state index in [4.69, 9.17) is 0 Å². The Morgan fingerprint density at radius 3 is 2.80 bits per heavy atom. The highest BCUT2D eigenvalue weighted by atomic mass is 16.2. The van der Waals surface area contributed by atoms with Crippen molar-refractivity contribution < 1.29 is 14.4 Å². The number of nitrogens with zero attached hydrogens (tertiary/aromatic N) is 1. The number of urea groups is 1. The molecule has 0 spiro atoms. The van der Waals surface area contributed by atoms with Crippen LogP contribution in [0, 0.1) is 0 Å². The number of amides is 4. The number of hydrogen-bond acceptors (Lipinski definition) is 3. The van der Waals surface area contributed by atoms with Crippen molar-refractivity contribution in [3.05, 3.63) is 0 Å². The van der Waals surface area contributed by atoms with E-state index in [2.05, 4.69) is 10.6 Å². The van der Waals surface area contributed by atoms with Crippen LogP contribution in [0.2, 0.25) is 0 Å². The Labute approximate surface area is 88.0 Å². The molecule has 1 unspecified atom stereocenters. The first-order chi connectivity index (χ1) is 7.04. The Balaban J connectivity index is 2.48. The molecule has 0 saturated carbocycles. The number of carbonyl (C=O) groups excluding carboxylic acids is 3. The van der Waals surface area contributed by atoms with E-state index >= 15 is 0 Å². The van der Waals surface area contributed by atoms with Crippen LogP contribution in [-0.4, -0.2) is 42.4 Å². The zero-order valence-electron chi connectivity index (χ0n) is 8.87. The molecule has 4 amide bonds. The smallest absolute Gasteiger partial charge is 0.317 e. The molecule has 6 nitrogen and oxygen atoms in total. The van der Waals surface area contributed by atoms with Crippen LogP contribution in [0.4, 0.5) is 4.79 Å². The number of hydrogen-bond donors (Lipinski definition) is 2. The molecule has 1 fully saturated rings. The molecule has 15 heavy (non-hydrogen) atoms. The Kier molecular flexibility index (Phi) is 3.65. The normalized spacial score (nSPS) is 20.8. The molecule has 0 aliphatic carbocycles. The minimum absolute atomic E-state index is 0.270. The van der Waals surface area contributed by atoms with Crippen molar-refractivity contribution in [1.29, 1.82) is 0 Å². The average molecular weight is 213 g/mol. The Morgan fingerprint density at radius 2 is 2.27 bits per heavy atom. The first kappa shape index (κ1) is 11.5. The molecule has 1 aliphatic rings. The lowest BCUT2D eigenvalue weighted by Crippen LogP contribution is -2.54. The topological polar surface area (TPSA) is 78.5 Å². The van der Waals surface area contributed by atoms with E-state index in [9.17, 15) is 14.4 Å². The van der Waals surface area contributed by atoms with Crippen molar-refractivity contribution in [3.63, 3.8) is 0 Å². The quantitative estimate of drug-likeness (QED) is 0.604. The van der Waals surface area contributed by atoms with Gasteiger partial charge in [-0.3, -0.25) is 14.9 Å². The van der Waals surface area contributed by atoms with Gasteiger partial charge in [0.1, 0.15) is 6.04 Å². The minimum Gasteiger partial charge on any atom is -0.328 e. The van der Waals surface area contributed by atoms with Gasteiger partial charge < -0.3 is 10.2 Å².